The van der Waals surface area contributed by atoms with Crippen LogP contribution in [0.4, 0.5) is 5.69 Å². The molecular formula is C18H14N2O3S. The van der Waals surface area contributed by atoms with Gasteiger partial charge >= 0.3 is 5.97 Å². The number of carbonyl (C=O) groups is 2. The fraction of sp³-hybridized carbons (Fsp3) is 0.111. The van der Waals surface area contributed by atoms with Crippen molar-refractivity contribution in [2.75, 3.05) is 17.2 Å². The van der Waals surface area contributed by atoms with E-state index in [9.17, 15) is 9.59 Å². The molecule has 0 spiro atoms. The minimum atomic E-state index is -0.458. The number of nitrogens with zero attached hydrogens (tertiary/aromatic N) is 1. The highest BCUT2D eigenvalue weighted by molar-refractivity contribution is 8.00. The predicted molar refractivity (Wildman–Crippen MR) is 93.5 cm³/mol. The standard InChI is InChI=1S/C18H14N2O3S/c21-17-11-24-16-4-2-1-3-15(16)20(17)10-18(22)23-13-5-6-14-12(9-13)7-8-19-14/h1-9,19H,10-11H2. The highest BCUT2D eigenvalue weighted by atomic mass is 32.2. The molecule has 0 aliphatic carbocycles. The van der Waals surface area contributed by atoms with Crippen LogP contribution in [0.5, 0.6) is 5.75 Å². The lowest BCUT2D eigenvalue weighted by molar-refractivity contribution is -0.134. The van der Waals surface area contributed by atoms with Gasteiger partial charge in [0.25, 0.3) is 0 Å². The molecule has 6 heteroatoms. The van der Waals surface area contributed by atoms with Crippen molar-refractivity contribution >= 4 is 40.2 Å². The normalized spacial score (nSPS) is 13.8. The Bertz CT molecular complexity index is 935. The van der Waals surface area contributed by atoms with Crippen molar-refractivity contribution in [2.45, 2.75) is 4.90 Å². The summed E-state index contributed by atoms with van der Waals surface area (Å²) in [5, 5.41) is 0.969. The summed E-state index contributed by atoms with van der Waals surface area (Å²) < 4.78 is 5.40. The molecule has 1 aliphatic heterocycles. The second-order valence-electron chi connectivity index (χ2n) is 5.44. The second-order valence-corrected chi connectivity index (χ2v) is 6.45. The summed E-state index contributed by atoms with van der Waals surface area (Å²) in [7, 11) is 0. The topological polar surface area (TPSA) is 62.4 Å². The molecule has 2 heterocycles. The Labute approximate surface area is 142 Å². The molecule has 1 aliphatic rings. The van der Waals surface area contributed by atoms with E-state index in [1.165, 1.54) is 16.7 Å². The molecule has 4 rings (SSSR count). The highest BCUT2D eigenvalue weighted by Gasteiger charge is 2.26. The Morgan fingerprint density at radius 2 is 2.08 bits per heavy atom. The number of ether oxygens (including phenoxy) is 1. The first-order chi connectivity index (χ1) is 11.7. The van der Waals surface area contributed by atoms with Crippen LogP contribution in [0, 0.1) is 0 Å². The summed E-state index contributed by atoms with van der Waals surface area (Å²) in [6.45, 7) is -0.0957. The van der Waals surface area contributed by atoms with Crippen molar-refractivity contribution in [3.05, 3.63) is 54.7 Å². The van der Waals surface area contributed by atoms with E-state index in [1.807, 2.05) is 42.6 Å². The summed E-state index contributed by atoms with van der Waals surface area (Å²) in [5.41, 5.74) is 1.74. The number of benzene rings is 2. The van der Waals surface area contributed by atoms with Gasteiger partial charge in [0.1, 0.15) is 12.3 Å². The lowest BCUT2D eigenvalue weighted by Gasteiger charge is -2.27. The molecule has 0 atom stereocenters. The highest BCUT2D eigenvalue weighted by Crippen LogP contribution is 2.34. The Morgan fingerprint density at radius 1 is 1.21 bits per heavy atom. The van der Waals surface area contributed by atoms with E-state index in [0.717, 1.165) is 21.5 Å². The Morgan fingerprint density at radius 3 is 3.00 bits per heavy atom. The van der Waals surface area contributed by atoms with Crippen LogP contribution >= 0.6 is 11.8 Å². The zero-order valence-corrected chi connectivity index (χ0v) is 13.5. The SMILES string of the molecule is O=C(CN1C(=O)CSc2ccccc21)Oc1ccc2[nH]ccc2c1. The zero-order chi connectivity index (χ0) is 16.5. The molecule has 0 bridgehead atoms. The number of fused-ring (bicyclic) bond motifs is 2. The van der Waals surface area contributed by atoms with E-state index in [2.05, 4.69) is 4.98 Å². The van der Waals surface area contributed by atoms with E-state index >= 15 is 0 Å². The number of carbonyl (C=O) groups excluding carboxylic acids is 2. The predicted octanol–water partition coefficient (Wildman–Crippen LogP) is 3.21. The molecule has 24 heavy (non-hydrogen) atoms. The van der Waals surface area contributed by atoms with Gasteiger partial charge in [-0.2, -0.15) is 0 Å². The third kappa shape index (κ3) is 2.76. The maximum absolute atomic E-state index is 12.3. The number of amides is 1. The van der Waals surface area contributed by atoms with Crippen molar-refractivity contribution in [1.82, 2.24) is 4.98 Å². The third-order valence-electron chi connectivity index (χ3n) is 3.85. The molecule has 5 nitrogen and oxygen atoms in total. The molecule has 1 amide bonds. The van der Waals surface area contributed by atoms with Gasteiger partial charge in [-0.25, -0.2) is 4.79 Å². The van der Waals surface area contributed by atoms with Crippen LogP contribution in [0.3, 0.4) is 0 Å². The van der Waals surface area contributed by atoms with Crippen molar-refractivity contribution < 1.29 is 14.3 Å². The maximum atomic E-state index is 12.3. The number of hydrogen-bond donors (Lipinski definition) is 1. The largest absolute Gasteiger partial charge is 0.425 e. The van der Waals surface area contributed by atoms with Crippen LogP contribution in [-0.4, -0.2) is 29.2 Å². The molecular weight excluding hydrogens is 324 g/mol. The van der Waals surface area contributed by atoms with Gasteiger partial charge in [-0.3, -0.25) is 9.69 Å². The van der Waals surface area contributed by atoms with Crippen LogP contribution in [0.2, 0.25) is 0 Å². The number of para-hydroxylation sites is 1. The number of nitrogens with one attached hydrogen (secondary N) is 1. The number of thioether (sulfide) groups is 1. The minimum absolute atomic E-state index is 0.0864. The lowest BCUT2D eigenvalue weighted by Crippen LogP contribution is -2.40. The van der Waals surface area contributed by atoms with Crippen LogP contribution in [0.15, 0.2) is 59.6 Å². The number of esters is 1. The van der Waals surface area contributed by atoms with Gasteiger partial charge in [0.15, 0.2) is 0 Å². The van der Waals surface area contributed by atoms with Gasteiger partial charge in [0.05, 0.1) is 11.4 Å². The Balaban J connectivity index is 1.52. The first-order valence-electron chi connectivity index (χ1n) is 7.51. The van der Waals surface area contributed by atoms with Crippen molar-refractivity contribution in [3.63, 3.8) is 0 Å². The minimum Gasteiger partial charge on any atom is -0.425 e. The van der Waals surface area contributed by atoms with Gasteiger partial charge in [-0.05, 0) is 36.4 Å². The van der Waals surface area contributed by atoms with Gasteiger partial charge in [-0.1, -0.05) is 12.1 Å². The van der Waals surface area contributed by atoms with Crippen molar-refractivity contribution in [1.29, 1.82) is 0 Å². The van der Waals surface area contributed by atoms with E-state index < -0.39 is 5.97 Å². The molecule has 0 unspecified atom stereocenters. The average Bonchev–Trinajstić information content (AvgIpc) is 3.05. The maximum Gasteiger partial charge on any atom is 0.331 e. The van der Waals surface area contributed by atoms with E-state index in [0.29, 0.717) is 11.5 Å². The summed E-state index contributed by atoms with van der Waals surface area (Å²) in [5.74, 6) is 0.260. The number of anilines is 1. The number of aromatic nitrogens is 1. The van der Waals surface area contributed by atoms with Gasteiger partial charge < -0.3 is 9.72 Å². The molecule has 0 radical (unpaired) electrons. The fourth-order valence-electron chi connectivity index (χ4n) is 2.71. The second kappa shape index (κ2) is 6.05. The first-order valence-corrected chi connectivity index (χ1v) is 8.49. The van der Waals surface area contributed by atoms with Crippen molar-refractivity contribution in [3.8, 4) is 5.75 Å². The van der Waals surface area contributed by atoms with Crippen LogP contribution in [0.25, 0.3) is 10.9 Å². The molecule has 2 aromatic carbocycles. The number of H-pyrrole nitrogens is 1. The molecule has 0 saturated heterocycles. The number of hydrogen-bond acceptors (Lipinski definition) is 4. The summed E-state index contributed by atoms with van der Waals surface area (Å²) in [6, 6.07) is 14.9. The zero-order valence-electron chi connectivity index (χ0n) is 12.7. The first kappa shape index (κ1) is 14.8. The average molecular weight is 338 g/mol. The van der Waals surface area contributed by atoms with E-state index in [-0.39, 0.29) is 12.5 Å². The number of aromatic amines is 1. The van der Waals surface area contributed by atoms with Gasteiger partial charge in [0.2, 0.25) is 5.91 Å². The van der Waals surface area contributed by atoms with E-state index in [4.69, 9.17) is 4.74 Å². The van der Waals surface area contributed by atoms with E-state index in [1.54, 1.807) is 12.1 Å². The van der Waals surface area contributed by atoms with Crippen LogP contribution in [0.1, 0.15) is 0 Å². The quantitative estimate of drug-likeness (QED) is 0.588. The lowest BCUT2D eigenvalue weighted by atomic mass is 10.2. The van der Waals surface area contributed by atoms with Crippen LogP contribution in [-0.2, 0) is 9.59 Å². The summed E-state index contributed by atoms with van der Waals surface area (Å²) in [6.07, 6.45) is 1.83. The molecule has 120 valence electrons. The van der Waals surface area contributed by atoms with Gasteiger partial charge in [-0.15, -0.1) is 11.8 Å². The Hall–Kier alpha value is -2.73. The molecule has 0 fully saturated rings. The smallest absolute Gasteiger partial charge is 0.331 e. The third-order valence-corrected chi connectivity index (χ3v) is 4.90. The molecule has 3 aromatic rings. The molecule has 1 N–H and O–H groups in total. The van der Waals surface area contributed by atoms with Crippen molar-refractivity contribution in [2.24, 2.45) is 0 Å². The Kier molecular flexibility index (Phi) is 3.74. The molecule has 1 aromatic heterocycles. The van der Waals surface area contributed by atoms with Crippen LogP contribution < -0.4 is 9.64 Å². The van der Waals surface area contributed by atoms with Gasteiger partial charge in [0, 0.05) is 22.0 Å². The summed E-state index contributed by atoms with van der Waals surface area (Å²) >= 11 is 1.49. The monoisotopic (exact) mass is 338 g/mol. The number of rotatable bonds is 3. The fourth-order valence-corrected chi connectivity index (χ4v) is 3.65. The molecule has 0 saturated carbocycles. The summed E-state index contributed by atoms with van der Waals surface area (Å²) in [4.78, 5) is 30.0.